The molecule has 0 saturated carbocycles. The molecule has 7 heteroatoms. The van der Waals surface area contributed by atoms with Gasteiger partial charge in [0.15, 0.2) is 0 Å². The van der Waals surface area contributed by atoms with E-state index in [0.717, 1.165) is 22.2 Å². The van der Waals surface area contributed by atoms with E-state index in [1.807, 2.05) is 24.3 Å². The molecule has 3 rings (SSSR count). The van der Waals surface area contributed by atoms with Crippen molar-refractivity contribution >= 4 is 28.1 Å². The maximum atomic E-state index is 12.7. The van der Waals surface area contributed by atoms with Crippen LogP contribution in [0, 0.1) is 6.92 Å². The predicted octanol–water partition coefficient (Wildman–Crippen LogP) is 5.92. The van der Waals surface area contributed by atoms with Gasteiger partial charge < -0.3 is 4.42 Å². The number of nitrogens with zero attached hydrogens (tertiary/aromatic N) is 2. The molecule has 0 atom stereocenters. The molecule has 1 aromatic heterocycles. The summed E-state index contributed by atoms with van der Waals surface area (Å²) in [4.78, 5) is 0. The summed E-state index contributed by atoms with van der Waals surface area (Å²) in [5.41, 5.74) is 1.54. The third-order valence-corrected chi connectivity index (χ3v) is 4.22. The number of hydrogen-bond donors (Lipinski definition) is 0. The highest BCUT2D eigenvalue weighted by Crippen LogP contribution is 2.30. The summed E-state index contributed by atoms with van der Waals surface area (Å²) in [7, 11) is 0. The van der Waals surface area contributed by atoms with Crippen LogP contribution in [-0.4, -0.2) is 10.2 Å². The largest absolute Gasteiger partial charge is 0.421 e. The van der Waals surface area contributed by atoms with E-state index in [1.165, 1.54) is 6.07 Å². The summed E-state index contributed by atoms with van der Waals surface area (Å²) in [5.74, 6) is 0.765. The summed E-state index contributed by atoms with van der Waals surface area (Å²) >= 11 is 3.41. The van der Waals surface area contributed by atoms with E-state index in [1.54, 1.807) is 19.1 Å². The first-order valence-corrected chi connectivity index (χ1v) is 8.53. The third kappa shape index (κ3) is 4.60. The Morgan fingerprint density at radius 1 is 1.08 bits per heavy atom. The predicted molar refractivity (Wildman–Crippen MR) is 96.4 cm³/mol. The average molecular weight is 423 g/mol. The zero-order valence-corrected chi connectivity index (χ0v) is 15.3. The van der Waals surface area contributed by atoms with Gasteiger partial charge >= 0.3 is 6.18 Å². The molecule has 26 heavy (non-hydrogen) atoms. The van der Waals surface area contributed by atoms with Crippen molar-refractivity contribution in [1.82, 2.24) is 10.2 Å². The van der Waals surface area contributed by atoms with Gasteiger partial charge in [0.05, 0.1) is 12.0 Å². The van der Waals surface area contributed by atoms with Crippen molar-refractivity contribution in [3.05, 3.63) is 81.0 Å². The van der Waals surface area contributed by atoms with E-state index in [-0.39, 0.29) is 0 Å². The van der Waals surface area contributed by atoms with E-state index in [4.69, 9.17) is 4.42 Å². The standard InChI is InChI=1S/C19H14BrF3N2O/c1-12-9-15(19(21,22)23)7-5-14(12)6-8-17-24-25-18(26-17)11-13-3-2-4-16(20)10-13/h2-10H,11H2,1H3/b8-6+. The first kappa shape index (κ1) is 18.4. The lowest BCUT2D eigenvalue weighted by molar-refractivity contribution is -0.137. The highest BCUT2D eigenvalue weighted by atomic mass is 79.9. The van der Waals surface area contributed by atoms with Crippen molar-refractivity contribution in [2.45, 2.75) is 19.5 Å². The van der Waals surface area contributed by atoms with Crippen molar-refractivity contribution in [3.63, 3.8) is 0 Å². The van der Waals surface area contributed by atoms with Gasteiger partial charge in [0.25, 0.3) is 0 Å². The van der Waals surface area contributed by atoms with Crippen molar-refractivity contribution in [1.29, 1.82) is 0 Å². The number of hydrogen-bond acceptors (Lipinski definition) is 3. The Morgan fingerprint density at radius 2 is 1.88 bits per heavy atom. The molecule has 0 aliphatic carbocycles. The van der Waals surface area contributed by atoms with Gasteiger partial charge in [-0.05, 0) is 54.0 Å². The van der Waals surface area contributed by atoms with E-state index < -0.39 is 11.7 Å². The Balaban J connectivity index is 1.73. The molecule has 1 heterocycles. The molecule has 2 aromatic carbocycles. The molecule has 3 aromatic rings. The fourth-order valence-electron chi connectivity index (χ4n) is 2.43. The van der Waals surface area contributed by atoms with E-state index in [9.17, 15) is 13.2 Å². The van der Waals surface area contributed by atoms with Crippen LogP contribution in [0.2, 0.25) is 0 Å². The lowest BCUT2D eigenvalue weighted by Crippen LogP contribution is -2.05. The van der Waals surface area contributed by atoms with Gasteiger partial charge in [0.2, 0.25) is 11.8 Å². The third-order valence-electron chi connectivity index (χ3n) is 3.73. The number of aryl methyl sites for hydroxylation is 1. The minimum absolute atomic E-state index is 0.300. The van der Waals surface area contributed by atoms with Crippen molar-refractivity contribution < 1.29 is 17.6 Å². The second-order valence-corrected chi connectivity index (χ2v) is 6.66. The minimum Gasteiger partial charge on any atom is -0.421 e. The first-order valence-electron chi connectivity index (χ1n) is 7.74. The highest BCUT2D eigenvalue weighted by molar-refractivity contribution is 9.10. The number of halogens is 4. The molecule has 134 valence electrons. The molecule has 0 fully saturated rings. The summed E-state index contributed by atoms with van der Waals surface area (Å²) in [6, 6.07) is 11.4. The smallest absolute Gasteiger partial charge is 0.416 e. The SMILES string of the molecule is Cc1cc(C(F)(F)F)ccc1/C=C/c1nnc(Cc2cccc(Br)c2)o1. The van der Waals surface area contributed by atoms with Crippen LogP contribution >= 0.6 is 15.9 Å². The van der Waals surface area contributed by atoms with Gasteiger partial charge in [-0.3, -0.25) is 0 Å². The number of benzene rings is 2. The van der Waals surface area contributed by atoms with Gasteiger partial charge in [-0.15, -0.1) is 10.2 Å². The zero-order chi connectivity index (χ0) is 18.7. The van der Waals surface area contributed by atoms with Crippen LogP contribution in [0.25, 0.3) is 12.2 Å². The summed E-state index contributed by atoms with van der Waals surface area (Å²) in [6.45, 7) is 1.63. The maximum Gasteiger partial charge on any atom is 0.416 e. The molecule has 0 amide bonds. The van der Waals surface area contributed by atoms with Gasteiger partial charge in [0, 0.05) is 10.5 Å². The Hall–Kier alpha value is -2.41. The topological polar surface area (TPSA) is 38.9 Å². The zero-order valence-electron chi connectivity index (χ0n) is 13.7. The van der Waals surface area contributed by atoms with Crippen molar-refractivity contribution in [3.8, 4) is 0 Å². The Bertz CT molecular complexity index is 948. The van der Waals surface area contributed by atoms with Crippen LogP contribution in [0.1, 0.15) is 34.0 Å². The minimum atomic E-state index is -4.35. The normalized spacial score (nSPS) is 12.0. The lowest BCUT2D eigenvalue weighted by atomic mass is 10.0. The molecule has 0 radical (unpaired) electrons. The molecule has 0 N–H and O–H groups in total. The molecule has 0 spiro atoms. The second kappa shape index (κ2) is 7.45. The van der Waals surface area contributed by atoms with Crippen molar-refractivity contribution in [2.75, 3.05) is 0 Å². The van der Waals surface area contributed by atoms with Gasteiger partial charge in [0.1, 0.15) is 0 Å². The lowest BCUT2D eigenvalue weighted by Gasteiger charge is -2.08. The summed E-state index contributed by atoms with van der Waals surface area (Å²) < 4.78 is 44.6. The maximum absolute atomic E-state index is 12.7. The molecular formula is C19H14BrF3N2O. The first-order chi connectivity index (χ1) is 12.3. The Labute approximate surface area is 156 Å². The van der Waals surface area contributed by atoms with Crippen LogP contribution in [0.3, 0.4) is 0 Å². The fraction of sp³-hybridized carbons (Fsp3) is 0.158. The summed E-state index contributed by atoms with van der Waals surface area (Å²) in [5, 5.41) is 7.93. The Morgan fingerprint density at radius 3 is 2.58 bits per heavy atom. The fourth-order valence-corrected chi connectivity index (χ4v) is 2.87. The summed E-state index contributed by atoms with van der Waals surface area (Å²) in [6.07, 6.45) is -0.598. The number of alkyl halides is 3. The van der Waals surface area contributed by atoms with Crippen LogP contribution in [0.4, 0.5) is 13.2 Å². The van der Waals surface area contributed by atoms with E-state index in [2.05, 4.69) is 26.1 Å². The van der Waals surface area contributed by atoms with Crippen LogP contribution in [0.5, 0.6) is 0 Å². The van der Waals surface area contributed by atoms with Gasteiger partial charge in [-0.1, -0.05) is 34.1 Å². The monoisotopic (exact) mass is 422 g/mol. The molecular weight excluding hydrogens is 409 g/mol. The number of rotatable bonds is 4. The average Bonchev–Trinajstić information content (AvgIpc) is 3.00. The molecule has 0 aliphatic heterocycles. The van der Waals surface area contributed by atoms with Crippen LogP contribution in [0.15, 0.2) is 51.4 Å². The molecule has 0 unspecified atom stereocenters. The molecule has 0 saturated heterocycles. The highest BCUT2D eigenvalue weighted by Gasteiger charge is 2.30. The molecule has 0 bridgehead atoms. The van der Waals surface area contributed by atoms with Crippen molar-refractivity contribution in [2.24, 2.45) is 0 Å². The van der Waals surface area contributed by atoms with Crippen LogP contribution in [-0.2, 0) is 12.6 Å². The van der Waals surface area contributed by atoms with Gasteiger partial charge in [-0.25, -0.2) is 0 Å². The number of aromatic nitrogens is 2. The quantitative estimate of drug-likeness (QED) is 0.523. The Kier molecular flexibility index (Phi) is 5.27. The van der Waals surface area contributed by atoms with Gasteiger partial charge in [-0.2, -0.15) is 13.2 Å². The van der Waals surface area contributed by atoms with E-state index >= 15 is 0 Å². The molecule has 0 aliphatic rings. The second-order valence-electron chi connectivity index (χ2n) is 5.74. The van der Waals surface area contributed by atoms with E-state index in [0.29, 0.717) is 29.3 Å². The molecule has 3 nitrogen and oxygen atoms in total. The van der Waals surface area contributed by atoms with Crippen LogP contribution < -0.4 is 0 Å².